The first-order valence-corrected chi connectivity index (χ1v) is 5.91. The Kier molecular flexibility index (Phi) is 3.54. The fourth-order valence-electron chi connectivity index (χ4n) is 2.09. The maximum absolute atomic E-state index is 12.2. The van der Waals surface area contributed by atoms with E-state index in [-0.39, 0.29) is 24.9 Å². The number of nitrogens with zero attached hydrogens (tertiary/aromatic N) is 1. The Morgan fingerprint density at radius 1 is 1.33 bits per heavy atom. The Balaban J connectivity index is 2.22. The second-order valence-corrected chi connectivity index (χ2v) is 4.75. The van der Waals surface area contributed by atoms with Crippen molar-refractivity contribution in [1.29, 1.82) is 0 Å². The number of amides is 1. The molecule has 0 aliphatic carbocycles. The first-order valence-electron chi connectivity index (χ1n) is 5.54. The summed E-state index contributed by atoms with van der Waals surface area (Å²) in [5.74, 6) is -1.35. The van der Waals surface area contributed by atoms with Gasteiger partial charge < -0.3 is 15.7 Å². The van der Waals surface area contributed by atoms with Crippen molar-refractivity contribution in [3.63, 3.8) is 0 Å². The van der Waals surface area contributed by atoms with Gasteiger partial charge in [0.15, 0.2) is 0 Å². The molecule has 2 rings (SSSR count). The normalized spacial score (nSPS) is 23.1. The van der Waals surface area contributed by atoms with Crippen LogP contribution in [0.15, 0.2) is 24.3 Å². The molecule has 18 heavy (non-hydrogen) atoms. The van der Waals surface area contributed by atoms with Gasteiger partial charge in [-0.25, -0.2) is 4.79 Å². The number of rotatable bonds is 2. The number of nitrogens with two attached hydrogens (primary N) is 1. The number of carboxylic acids is 1. The van der Waals surface area contributed by atoms with Gasteiger partial charge in [0.1, 0.15) is 6.04 Å². The zero-order valence-electron chi connectivity index (χ0n) is 9.54. The topological polar surface area (TPSA) is 83.6 Å². The van der Waals surface area contributed by atoms with Crippen LogP contribution in [-0.4, -0.2) is 40.5 Å². The summed E-state index contributed by atoms with van der Waals surface area (Å²) in [6.07, 6.45) is 0.286. The minimum atomic E-state index is -1.02. The molecule has 0 spiro atoms. The highest BCUT2D eigenvalue weighted by atomic mass is 35.5. The van der Waals surface area contributed by atoms with Crippen molar-refractivity contribution >= 4 is 23.5 Å². The molecule has 1 saturated heterocycles. The Hall–Kier alpha value is -1.59. The molecule has 1 fully saturated rings. The van der Waals surface area contributed by atoms with Crippen LogP contribution in [0.1, 0.15) is 16.8 Å². The monoisotopic (exact) mass is 268 g/mol. The third-order valence-corrected chi connectivity index (χ3v) is 3.22. The molecule has 3 N–H and O–H groups in total. The first-order chi connectivity index (χ1) is 8.49. The van der Waals surface area contributed by atoms with E-state index < -0.39 is 12.0 Å². The number of hydrogen-bond acceptors (Lipinski definition) is 3. The molecule has 0 radical (unpaired) electrons. The van der Waals surface area contributed by atoms with E-state index in [1.54, 1.807) is 24.3 Å². The smallest absolute Gasteiger partial charge is 0.326 e. The van der Waals surface area contributed by atoms with E-state index in [1.165, 1.54) is 4.90 Å². The number of carbonyl (C=O) groups is 2. The van der Waals surface area contributed by atoms with Gasteiger partial charge in [0.05, 0.1) is 0 Å². The van der Waals surface area contributed by atoms with Crippen LogP contribution >= 0.6 is 11.6 Å². The minimum Gasteiger partial charge on any atom is -0.480 e. The molecule has 2 unspecified atom stereocenters. The molecule has 96 valence electrons. The Labute approximate surface area is 109 Å². The third-order valence-electron chi connectivity index (χ3n) is 2.97. The number of halogens is 1. The van der Waals surface area contributed by atoms with Gasteiger partial charge in [0.2, 0.25) is 0 Å². The summed E-state index contributed by atoms with van der Waals surface area (Å²) in [5, 5.41) is 9.60. The van der Waals surface area contributed by atoms with Crippen LogP contribution in [0, 0.1) is 0 Å². The number of carboxylic acid groups (broad SMARTS) is 1. The number of hydrogen-bond donors (Lipinski definition) is 2. The molecule has 1 heterocycles. The quantitative estimate of drug-likeness (QED) is 0.837. The summed E-state index contributed by atoms with van der Waals surface area (Å²) in [4.78, 5) is 24.6. The van der Waals surface area contributed by atoms with E-state index in [4.69, 9.17) is 22.4 Å². The van der Waals surface area contributed by atoms with E-state index in [1.807, 2.05) is 0 Å². The van der Waals surface area contributed by atoms with Crippen molar-refractivity contribution in [2.45, 2.75) is 18.5 Å². The Morgan fingerprint density at radius 2 is 1.94 bits per heavy atom. The van der Waals surface area contributed by atoms with Crippen molar-refractivity contribution in [1.82, 2.24) is 4.90 Å². The van der Waals surface area contributed by atoms with Crippen molar-refractivity contribution in [3.8, 4) is 0 Å². The summed E-state index contributed by atoms with van der Waals surface area (Å²) in [7, 11) is 0. The van der Waals surface area contributed by atoms with Gasteiger partial charge in [-0.1, -0.05) is 11.6 Å². The number of likely N-dealkylation sites (tertiary alicyclic amines) is 1. The lowest BCUT2D eigenvalue weighted by molar-refractivity contribution is -0.141. The summed E-state index contributed by atoms with van der Waals surface area (Å²) in [6.45, 7) is 0.262. The van der Waals surface area contributed by atoms with E-state index in [0.717, 1.165) is 0 Å². The number of benzene rings is 1. The maximum Gasteiger partial charge on any atom is 0.326 e. The molecule has 0 saturated carbocycles. The lowest BCUT2D eigenvalue weighted by Crippen LogP contribution is -2.40. The van der Waals surface area contributed by atoms with Crippen LogP contribution in [0.2, 0.25) is 5.02 Å². The van der Waals surface area contributed by atoms with Gasteiger partial charge in [0, 0.05) is 23.2 Å². The SMILES string of the molecule is NC1CC(C(=O)O)N(C(=O)c2ccc(Cl)cc2)C1. The zero-order valence-corrected chi connectivity index (χ0v) is 10.3. The van der Waals surface area contributed by atoms with Crippen molar-refractivity contribution in [3.05, 3.63) is 34.9 Å². The summed E-state index contributed by atoms with van der Waals surface area (Å²) < 4.78 is 0. The second kappa shape index (κ2) is 4.96. The highest BCUT2D eigenvalue weighted by Crippen LogP contribution is 2.20. The third kappa shape index (κ3) is 2.47. The molecular weight excluding hydrogens is 256 g/mol. The molecule has 1 aromatic carbocycles. The first kappa shape index (κ1) is 12.9. The molecule has 2 atom stereocenters. The maximum atomic E-state index is 12.2. The van der Waals surface area contributed by atoms with Crippen LogP contribution in [0.4, 0.5) is 0 Å². The molecule has 0 aromatic heterocycles. The predicted molar refractivity (Wildman–Crippen MR) is 66.5 cm³/mol. The van der Waals surface area contributed by atoms with Crippen LogP contribution in [0.5, 0.6) is 0 Å². The van der Waals surface area contributed by atoms with Crippen molar-refractivity contribution < 1.29 is 14.7 Å². The van der Waals surface area contributed by atoms with E-state index in [0.29, 0.717) is 10.6 Å². The highest BCUT2D eigenvalue weighted by molar-refractivity contribution is 6.30. The molecule has 1 aliphatic rings. The molecule has 0 bridgehead atoms. The second-order valence-electron chi connectivity index (χ2n) is 4.31. The lowest BCUT2D eigenvalue weighted by atomic mass is 10.1. The van der Waals surface area contributed by atoms with Crippen LogP contribution in [-0.2, 0) is 4.79 Å². The molecule has 6 heteroatoms. The summed E-state index contributed by atoms with van der Waals surface area (Å²) >= 11 is 5.74. The van der Waals surface area contributed by atoms with E-state index in [2.05, 4.69) is 0 Å². The number of carbonyl (C=O) groups excluding carboxylic acids is 1. The van der Waals surface area contributed by atoms with Crippen molar-refractivity contribution in [2.75, 3.05) is 6.54 Å². The van der Waals surface area contributed by atoms with Gasteiger partial charge in [-0.2, -0.15) is 0 Å². The average Bonchev–Trinajstić information content (AvgIpc) is 2.71. The highest BCUT2D eigenvalue weighted by Gasteiger charge is 2.38. The van der Waals surface area contributed by atoms with Gasteiger partial charge in [-0.05, 0) is 30.7 Å². The average molecular weight is 269 g/mol. The summed E-state index contributed by atoms with van der Waals surface area (Å²) in [6, 6.07) is 5.22. The lowest BCUT2D eigenvalue weighted by Gasteiger charge is -2.21. The fourth-order valence-corrected chi connectivity index (χ4v) is 2.21. The largest absolute Gasteiger partial charge is 0.480 e. The molecule has 1 amide bonds. The van der Waals surface area contributed by atoms with E-state index >= 15 is 0 Å². The van der Waals surface area contributed by atoms with Crippen LogP contribution < -0.4 is 5.73 Å². The summed E-state index contributed by atoms with van der Waals surface area (Å²) in [5.41, 5.74) is 6.13. The van der Waals surface area contributed by atoms with Gasteiger partial charge >= 0.3 is 5.97 Å². The molecule has 5 nitrogen and oxygen atoms in total. The van der Waals surface area contributed by atoms with Gasteiger partial charge in [0.25, 0.3) is 5.91 Å². The minimum absolute atomic E-state index is 0.262. The van der Waals surface area contributed by atoms with Crippen LogP contribution in [0.25, 0.3) is 0 Å². The molecule has 1 aliphatic heterocycles. The number of aliphatic carboxylic acids is 1. The predicted octanol–water partition coefficient (Wildman–Crippen LogP) is 0.966. The Bertz CT molecular complexity index is 475. The van der Waals surface area contributed by atoms with Crippen molar-refractivity contribution in [2.24, 2.45) is 5.73 Å². The zero-order chi connectivity index (χ0) is 13.3. The van der Waals surface area contributed by atoms with Gasteiger partial charge in [-0.3, -0.25) is 4.79 Å². The van der Waals surface area contributed by atoms with Crippen LogP contribution in [0.3, 0.4) is 0 Å². The molecular formula is C12H13ClN2O3. The van der Waals surface area contributed by atoms with E-state index in [9.17, 15) is 9.59 Å². The standard InChI is InChI=1S/C12H13ClN2O3/c13-8-3-1-7(2-4-8)11(16)15-6-9(14)5-10(15)12(17)18/h1-4,9-10H,5-6,14H2,(H,17,18). The van der Waals surface area contributed by atoms with Gasteiger partial charge in [-0.15, -0.1) is 0 Å². The molecule has 1 aromatic rings. The fraction of sp³-hybridized carbons (Fsp3) is 0.333. The Morgan fingerprint density at radius 3 is 2.50 bits per heavy atom.